The van der Waals surface area contributed by atoms with E-state index in [1.807, 2.05) is 12.3 Å². The number of hydrogen-bond donors (Lipinski definition) is 2. The highest BCUT2D eigenvalue weighted by Gasteiger charge is 2.47. The lowest BCUT2D eigenvalue weighted by Gasteiger charge is -2.29. The van der Waals surface area contributed by atoms with Crippen LogP contribution in [0, 0.1) is 17.8 Å². The maximum Gasteiger partial charge on any atom is 0.414 e. The Kier molecular flexibility index (Phi) is 8.03. The first-order valence-corrected chi connectivity index (χ1v) is 11.7. The Labute approximate surface area is 183 Å². The molecule has 30 heavy (non-hydrogen) atoms. The van der Waals surface area contributed by atoms with E-state index in [2.05, 4.69) is 32.8 Å². The Morgan fingerprint density at radius 1 is 1.20 bits per heavy atom. The summed E-state index contributed by atoms with van der Waals surface area (Å²) in [4.78, 5) is 22.7. The Hall–Kier alpha value is -2.20. The molecule has 2 aromatic heterocycles. The smallest absolute Gasteiger partial charge is 0.414 e. The molecule has 162 valence electrons. The van der Waals surface area contributed by atoms with E-state index in [-0.39, 0.29) is 0 Å². The number of carboxylic acid groups (broad SMARTS) is 2. The van der Waals surface area contributed by atoms with Crippen LogP contribution in [-0.2, 0) is 16.0 Å². The van der Waals surface area contributed by atoms with Crippen molar-refractivity contribution in [1.29, 1.82) is 0 Å². The van der Waals surface area contributed by atoms with E-state index in [1.54, 1.807) is 11.8 Å². The van der Waals surface area contributed by atoms with Gasteiger partial charge in [0.2, 0.25) is 0 Å². The molecule has 2 aromatic rings. The highest BCUT2D eigenvalue weighted by Crippen LogP contribution is 2.51. The van der Waals surface area contributed by atoms with Gasteiger partial charge >= 0.3 is 11.9 Å². The van der Waals surface area contributed by atoms with E-state index < -0.39 is 11.9 Å². The normalized spacial score (nSPS) is 24.2. The van der Waals surface area contributed by atoms with Crippen molar-refractivity contribution in [1.82, 2.24) is 13.7 Å². The van der Waals surface area contributed by atoms with Crippen LogP contribution >= 0.6 is 23.5 Å². The van der Waals surface area contributed by atoms with Gasteiger partial charge in [-0.15, -0.1) is 4.37 Å². The Balaban J connectivity index is 0.000000377. The van der Waals surface area contributed by atoms with Gasteiger partial charge in [0.1, 0.15) is 6.10 Å². The topological polar surface area (TPSA) is 123 Å². The second kappa shape index (κ2) is 10.7. The SMILES string of the molecule is CCCSc1nsnc1OC1CC2CC(Cc3ccccn3)C1C2.O=C(O)C(=O)O. The van der Waals surface area contributed by atoms with Gasteiger partial charge in [-0.1, -0.05) is 24.8 Å². The summed E-state index contributed by atoms with van der Waals surface area (Å²) in [5, 5.41) is 15.8. The van der Waals surface area contributed by atoms with Crippen molar-refractivity contribution in [3.05, 3.63) is 30.1 Å². The lowest BCUT2D eigenvalue weighted by molar-refractivity contribution is -0.159. The summed E-state index contributed by atoms with van der Waals surface area (Å²) in [5.41, 5.74) is 1.21. The predicted molar refractivity (Wildman–Crippen MR) is 113 cm³/mol. The molecule has 2 aliphatic carbocycles. The quantitative estimate of drug-likeness (QED) is 0.480. The average Bonchev–Trinajstić information content (AvgIpc) is 3.44. The van der Waals surface area contributed by atoms with E-state index in [1.165, 1.54) is 36.7 Å². The molecule has 8 nitrogen and oxygen atoms in total. The maximum absolute atomic E-state index is 9.10. The van der Waals surface area contributed by atoms with Crippen molar-refractivity contribution in [2.45, 2.75) is 50.2 Å². The molecule has 0 spiro atoms. The molecule has 2 N–H and O–H groups in total. The van der Waals surface area contributed by atoms with Gasteiger partial charge in [-0.3, -0.25) is 4.98 Å². The number of nitrogens with zero attached hydrogens (tertiary/aromatic N) is 3. The van der Waals surface area contributed by atoms with Gasteiger partial charge in [-0.25, -0.2) is 9.59 Å². The number of aromatic nitrogens is 3. The molecule has 2 saturated carbocycles. The molecule has 0 saturated heterocycles. The van der Waals surface area contributed by atoms with Crippen LogP contribution in [0.1, 0.15) is 38.3 Å². The number of rotatable bonds is 7. The average molecular weight is 452 g/mol. The number of aliphatic carboxylic acids is 2. The number of fused-ring (bicyclic) bond motifs is 2. The van der Waals surface area contributed by atoms with Crippen molar-refractivity contribution < 1.29 is 24.5 Å². The number of hydrogen-bond acceptors (Lipinski definition) is 8. The van der Waals surface area contributed by atoms with Gasteiger partial charge in [-0.2, -0.15) is 4.37 Å². The lowest BCUT2D eigenvalue weighted by atomic mass is 9.83. The summed E-state index contributed by atoms with van der Waals surface area (Å²) in [6.45, 7) is 2.19. The van der Waals surface area contributed by atoms with E-state index in [4.69, 9.17) is 24.5 Å². The first-order valence-electron chi connectivity index (χ1n) is 9.96. The van der Waals surface area contributed by atoms with Crippen LogP contribution in [0.2, 0.25) is 0 Å². The highest BCUT2D eigenvalue weighted by molar-refractivity contribution is 7.99. The third-order valence-electron chi connectivity index (χ3n) is 5.41. The second-order valence-corrected chi connectivity index (χ2v) is 9.12. The molecule has 2 fully saturated rings. The van der Waals surface area contributed by atoms with Gasteiger partial charge < -0.3 is 14.9 Å². The zero-order valence-electron chi connectivity index (χ0n) is 16.6. The number of carbonyl (C=O) groups is 2. The summed E-state index contributed by atoms with van der Waals surface area (Å²) in [6.07, 6.45) is 8.23. The fourth-order valence-corrected chi connectivity index (χ4v) is 5.64. The summed E-state index contributed by atoms with van der Waals surface area (Å²) < 4.78 is 15.1. The minimum absolute atomic E-state index is 0.308. The van der Waals surface area contributed by atoms with Gasteiger partial charge in [-0.05, 0) is 67.7 Å². The van der Waals surface area contributed by atoms with Crippen LogP contribution in [-0.4, -0.2) is 47.7 Å². The largest absolute Gasteiger partial charge is 0.473 e. The van der Waals surface area contributed by atoms with Crippen molar-refractivity contribution in [3.63, 3.8) is 0 Å². The highest BCUT2D eigenvalue weighted by atomic mass is 32.2. The fourth-order valence-electron chi connectivity index (χ4n) is 4.26. The molecule has 4 rings (SSSR count). The standard InChI is InChI=1S/C18H23N3OS2.C2H2O4/c1-2-7-23-18-17(20-24-21-18)22-16-10-12-8-13(15(16)9-12)11-14-5-3-4-6-19-14;3-1(4)2(5)6/h3-6,12-13,15-16H,2,7-11H2,1H3;(H,3,4)(H,5,6). The zero-order chi connectivity index (χ0) is 21.5. The predicted octanol–water partition coefficient (Wildman–Crippen LogP) is 3.63. The molecule has 4 atom stereocenters. The summed E-state index contributed by atoms with van der Waals surface area (Å²) in [7, 11) is 0. The van der Waals surface area contributed by atoms with Crippen LogP contribution in [0.4, 0.5) is 0 Å². The zero-order valence-corrected chi connectivity index (χ0v) is 18.3. The summed E-state index contributed by atoms with van der Waals surface area (Å²) >= 11 is 3.03. The second-order valence-electron chi connectivity index (χ2n) is 7.51. The van der Waals surface area contributed by atoms with Crippen molar-refractivity contribution in [2.75, 3.05) is 5.75 Å². The molecular weight excluding hydrogens is 426 g/mol. The molecule has 10 heteroatoms. The van der Waals surface area contributed by atoms with Crippen LogP contribution in [0.5, 0.6) is 5.88 Å². The fraction of sp³-hybridized carbons (Fsp3) is 0.550. The molecule has 0 radical (unpaired) electrons. The number of thioether (sulfide) groups is 1. The summed E-state index contributed by atoms with van der Waals surface area (Å²) in [5.74, 6) is 0.343. The Morgan fingerprint density at radius 3 is 2.63 bits per heavy atom. The van der Waals surface area contributed by atoms with Crippen molar-refractivity contribution in [3.8, 4) is 5.88 Å². The van der Waals surface area contributed by atoms with Crippen LogP contribution in [0.3, 0.4) is 0 Å². The van der Waals surface area contributed by atoms with Gasteiger partial charge in [0, 0.05) is 11.9 Å². The minimum Gasteiger partial charge on any atom is -0.473 e. The van der Waals surface area contributed by atoms with Crippen molar-refractivity contribution in [2.24, 2.45) is 17.8 Å². The Morgan fingerprint density at radius 2 is 2.00 bits per heavy atom. The molecule has 2 bridgehead atoms. The van der Waals surface area contributed by atoms with Crippen LogP contribution in [0.15, 0.2) is 29.4 Å². The van der Waals surface area contributed by atoms with Gasteiger partial charge in [0.05, 0.1) is 11.7 Å². The number of ether oxygens (including phenoxy) is 1. The van der Waals surface area contributed by atoms with Gasteiger partial charge in [0.25, 0.3) is 5.88 Å². The molecule has 2 aliphatic rings. The summed E-state index contributed by atoms with van der Waals surface area (Å²) in [6, 6.07) is 6.22. The molecular formula is C20H25N3O5S2. The lowest BCUT2D eigenvalue weighted by Crippen LogP contribution is -2.31. The van der Waals surface area contributed by atoms with Crippen LogP contribution in [0.25, 0.3) is 0 Å². The van der Waals surface area contributed by atoms with E-state index in [0.29, 0.717) is 17.9 Å². The molecule has 0 aliphatic heterocycles. The van der Waals surface area contributed by atoms with E-state index >= 15 is 0 Å². The van der Waals surface area contributed by atoms with Crippen LogP contribution < -0.4 is 4.74 Å². The Bertz CT molecular complexity index is 836. The third-order valence-corrected chi connectivity index (χ3v) is 7.19. The molecule has 2 heterocycles. The third kappa shape index (κ3) is 5.91. The number of carboxylic acids is 2. The minimum atomic E-state index is -1.82. The molecule has 4 unspecified atom stereocenters. The monoisotopic (exact) mass is 451 g/mol. The molecule has 0 amide bonds. The number of pyridine rings is 1. The first-order chi connectivity index (χ1) is 14.5. The maximum atomic E-state index is 9.10. The van der Waals surface area contributed by atoms with E-state index in [9.17, 15) is 0 Å². The first kappa shape index (κ1) is 22.5. The van der Waals surface area contributed by atoms with E-state index in [0.717, 1.165) is 35.4 Å². The van der Waals surface area contributed by atoms with Gasteiger partial charge in [0.15, 0.2) is 5.03 Å². The molecule has 0 aromatic carbocycles. The van der Waals surface area contributed by atoms with Crippen molar-refractivity contribution >= 4 is 35.4 Å².